The van der Waals surface area contributed by atoms with E-state index >= 15 is 0 Å². The van der Waals surface area contributed by atoms with Crippen LogP contribution in [-0.2, 0) is 9.53 Å². The Morgan fingerprint density at radius 2 is 1.73 bits per heavy atom. The number of carbonyl (C=O) groups is 1. The van der Waals surface area contributed by atoms with Crippen molar-refractivity contribution in [3.63, 3.8) is 0 Å². The Labute approximate surface area is 93.6 Å². The summed E-state index contributed by atoms with van der Waals surface area (Å²) in [6.07, 6.45) is 1.01. The molecule has 0 saturated carbocycles. The first kappa shape index (κ1) is 14.4. The molecule has 0 spiro atoms. The molecule has 0 rings (SSSR count). The molecule has 0 aromatic heterocycles. The average molecular weight is 215 g/mol. The summed E-state index contributed by atoms with van der Waals surface area (Å²) < 4.78 is 4.87. The molecule has 90 valence electrons. The van der Waals surface area contributed by atoms with E-state index in [1.54, 1.807) is 0 Å². The first-order chi connectivity index (χ1) is 6.66. The highest BCUT2D eigenvalue weighted by Gasteiger charge is 2.25. The third kappa shape index (κ3) is 8.43. The Hall–Kier alpha value is -0.570. The van der Waals surface area contributed by atoms with Gasteiger partial charge in [-0.2, -0.15) is 0 Å². The second-order valence-electron chi connectivity index (χ2n) is 5.78. The molecule has 15 heavy (non-hydrogen) atoms. The Morgan fingerprint density at radius 1 is 1.20 bits per heavy atom. The monoisotopic (exact) mass is 215 g/mol. The molecule has 0 amide bonds. The lowest BCUT2D eigenvalue weighted by Crippen LogP contribution is -2.45. The van der Waals surface area contributed by atoms with Crippen LogP contribution in [0.5, 0.6) is 0 Å². The van der Waals surface area contributed by atoms with Crippen molar-refractivity contribution in [2.75, 3.05) is 13.2 Å². The lowest BCUT2D eigenvalue weighted by Gasteiger charge is -2.33. The van der Waals surface area contributed by atoms with Crippen molar-refractivity contribution in [2.24, 2.45) is 5.41 Å². The number of esters is 1. The summed E-state index contributed by atoms with van der Waals surface area (Å²) in [5.41, 5.74) is 0.218. The summed E-state index contributed by atoms with van der Waals surface area (Å²) in [5, 5.41) is 3.23. The Bertz CT molecular complexity index is 204. The van der Waals surface area contributed by atoms with E-state index in [0.717, 1.165) is 6.42 Å². The molecule has 0 aliphatic carbocycles. The smallest absolute Gasteiger partial charge is 0.319 e. The zero-order valence-electron chi connectivity index (χ0n) is 10.9. The fraction of sp³-hybridized carbons (Fsp3) is 0.917. The van der Waals surface area contributed by atoms with Gasteiger partial charge in [0.1, 0.15) is 0 Å². The van der Waals surface area contributed by atoms with E-state index in [-0.39, 0.29) is 23.5 Å². The van der Waals surface area contributed by atoms with Crippen LogP contribution in [0.2, 0.25) is 0 Å². The van der Waals surface area contributed by atoms with Crippen molar-refractivity contribution >= 4 is 5.97 Å². The van der Waals surface area contributed by atoms with Crippen molar-refractivity contribution < 1.29 is 9.53 Å². The molecule has 0 saturated heterocycles. The van der Waals surface area contributed by atoms with E-state index in [2.05, 4.69) is 39.9 Å². The predicted molar refractivity (Wildman–Crippen MR) is 62.8 cm³/mol. The zero-order valence-corrected chi connectivity index (χ0v) is 10.9. The van der Waals surface area contributed by atoms with Gasteiger partial charge in [0.15, 0.2) is 0 Å². The van der Waals surface area contributed by atoms with E-state index in [9.17, 15) is 4.79 Å². The second-order valence-corrected chi connectivity index (χ2v) is 5.78. The molecule has 1 N–H and O–H groups in total. The molecule has 0 aromatic carbocycles. The molecular formula is C12H25NO2. The standard InChI is InChI=1S/C12H25NO2/c1-7-15-10(14)8-13-12(5,6)9-11(2,3)4/h13H,7-9H2,1-6H3. The average Bonchev–Trinajstić information content (AvgIpc) is 1.97. The summed E-state index contributed by atoms with van der Waals surface area (Å²) >= 11 is 0. The van der Waals surface area contributed by atoms with Crippen molar-refractivity contribution in [2.45, 2.75) is 53.5 Å². The first-order valence-corrected chi connectivity index (χ1v) is 5.57. The number of carbonyl (C=O) groups excluding carboxylic acids is 1. The van der Waals surface area contributed by atoms with Gasteiger partial charge in [0.05, 0.1) is 13.2 Å². The van der Waals surface area contributed by atoms with E-state index in [1.165, 1.54) is 0 Å². The molecule has 0 fully saturated rings. The van der Waals surface area contributed by atoms with Crippen LogP contribution in [0.4, 0.5) is 0 Å². The summed E-state index contributed by atoms with van der Waals surface area (Å²) in [6, 6.07) is 0. The van der Waals surface area contributed by atoms with E-state index in [4.69, 9.17) is 4.74 Å². The van der Waals surface area contributed by atoms with Crippen LogP contribution in [0.1, 0.15) is 48.0 Å². The third-order valence-corrected chi connectivity index (χ3v) is 1.99. The van der Waals surface area contributed by atoms with Gasteiger partial charge in [-0.1, -0.05) is 20.8 Å². The van der Waals surface area contributed by atoms with E-state index in [0.29, 0.717) is 6.61 Å². The van der Waals surface area contributed by atoms with Crippen LogP contribution in [-0.4, -0.2) is 24.7 Å². The minimum atomic E-state index is -0.181. The molecular weight excluding hydrogens is 190 g/mol. The van der Waals surface area contributed by atoms with Gasteiger partial charge in [-0.3, -0.25) is 4.79 Å². The fourth-order valence-electron chi connectivity index (χ4n) is 1.91. The van der Waals surface area contributed by atoms with Gasteiger partial charge in [0.25, 0.3) is 0 Å². The quantitative estimate of drug-likeness (QED) is 0.715. The van der Waals surface area contributed by atoms with Gasteiger partial charge in [-0.25, -0.2) is 0 Å². The topological polar surface area (TPSA) is 38.3 Å². The highest BCUT2D eigenvalue weighted by atomic mass is 16.5. The number of hydrogen-bond donors (Lipinski definition) is 1. The maximum Gasteiger partial charge on any atom is 0.319 e. The van der Waals surface area contributed by atoms with Gasteiger partial charge < -0.3 is 10.1 Å². The van der Waals surface area contributed by atoms with Crippen LogP contribution in [0, 0.1) is 5.41 Å². The Kier molecular flexibility index (Phi) is 5.29. The SMILES string of the molecule is CCOC(=O)CNC(C)(C)CC(C)(C)C. The summed E-state index contributed by atoms with van der Waals surface area (Å²) in [5.74, 6) is -0.181. The molecule has 0 unspecified atom stereocenters. The largest absolute Gasteiger partial charge is 0.465 e. The van der Waals surface area contributed by atoms with Gasteiger partial charge in [0, 0.05) is 5.54 Å². The summed E-state index contributed by atoms with van der Waals surface area (Å²) in [7, 11) is 0. The molecule has 0 aromatic rings. The van der Waals surface area contributed by atoms with Gasteiger partial charge in [-0.15, -0.1) is 0 Å². The molecule has 3 heteroatoms. The molecule has 0 aliphatic heterocycles. The van der Waals surface area contributed by atoms with Gasteiger partial charge >= 0.3 is 5.97 Å². The maximum absolute atomic E-state index is 11.2. The highest BCUT2D eigenvalue weighted by Crippen LogP contribution is 2.26. The predicted octanol–water partition coefficient (Wildman–Crippen LogP) is 2.35. The highest BCUT2D eigenvalue weighted by molar-refractivity contribution is 5.71. The van der Waals surface area contributed by atoms with Gasteiger partial charge in [-0.05, 0) is 32.6 Å². The molecule has 3 nitrogen and oxygen atoms in total. The van der Waals surface area contributed by atoms with Crippen molar-refractivity contribution in [1.29, 1.82) is 0 Å². The summed E-state index contributed by atoms with van der Waals surface area (Å²) in [4.78, 5) is 11.2. The zero-order chi connectivity index (χ0) is 12.1. The fourth-order valence-corrected chi connectivity index (χ4v) is 1.91. The lowest BCUT2D eigenvalue weighted by atomic mass is 9.82. The van der Waals surface area contributed by atoms with E-state index in [1.807, 2.05) is 6.92 Å². The minimum Gasteiger partial charge on any atom is -0.465 e. The molecule has 0 heterocycles. The molecule has 0 radical (unpaired) electrons. The number of hydrogen-bond acceptors (Lipinski definition) is 3. The number of nitrogens with one attached hydrogen (secondary N) is 1. The molecule has 0 atom stereocenters. The number of rotatable bonds is 5. The van der Waals surface area contributed by atoms with Crippen molar-refractivity contribution in [3.05, 3.63) is 0 Å². The molecule has 0 bridgehead atoms. The van der Waals surface area contributed by atoms with Crippen LogP contribution in [0.25, 0.3) is 0 Å². The van der Waals surface area contributed by atoms with Crippen LogP contribution in [0.15, 0.2) is 0 Å². The van der Waals surface area contributed by atoms with Crippen LogP contribution >= 0.6 is 0 Å². The maximum atomic E-state index is 11.2. The van der Waals surface area contributed by atoms with Gasteiger partial charge in [0.2, 0.25) is 0 Å². The third-order valence-electron chi connectivity index (χ3n) is 1.99. The van der Waals surface area contributed by atoms with Crippen LogP contribution in [0.3, 0.4) is 0 Å². The summed E-state index contributed by atoms with van der Waals surface area (Å²) in [6.45, 7) is 13.4. The van der Waals surface area contributed by atoms with E-state index < -0.39 is 0 Å². The molecule has 0 aliphatic rings. The Morgan fingerprint density at radius 3 is 2.13 bits per heavy atom. The number of ether oxygens (including phenoxy) is 1. The second kappa shape index (κ2) is 5.50. The van der Waals surface area contributed by atoms with Crippen molar-refractivity contribution in [1.82, 2.24) is 5.32 Å². The normalized spacial score (nSPS) is 12.7. The van der Waals surface area contributed by atoms with Crippen molar-refractivity contribution in [3.8, 4) is 0 Å². The lowest BCUT2D eigenvalue weighted by molar-refractivity contribution is -0.142. The minimum absolute atomic E-state index is 0.0367. The Balaban J connectivity index is 3.99. The van der Waals surface area contributed by atoms with Crippen LogP contribution < -0.4 is 5.32 Å². The first-order valence-electron chi connectivity index (χ1n) is 5.57.